The van der Waals surface area contributed by atoms with Gasteiger partial charge in [0.05, 0.1) is 13.8 Å². The topological polar surface area (TPSA) is 78.3 Å². The third kappa shape index (κ3) is 3.74. The van der Waals surface area contributed by atoms with E-state index < -0.39 is 0 Å². The van der Waals surface area contributed by atoms with Gasteiger partial charge in [0.25, 0.3) is 0 Å². The van der Waals surface area contributed by atoms with Crippen molar-refractivity contribution in [1.29, 1.82) is 0 Å². The molecule has 25 heavy (non-hydrogen) atoms. The molecular formula is C17H23N5O2S. The van der Waals surface area contributed by atoms with Gasteiger partial charge in [-0.2, -0.15) is 5.10 Å². The Hall–Kier alpha value is -2.19. The lowest BCUT2D eigenvalue weighted by Crippen LogP contribution is -2.39. The summed E-state index contributed by atoms with van der Waals surface area (Å²) < 4.78 is 9.68. The molecule has 1 amide bonds. The van der Waals surface area contributed by atoms with Crippen LogP contribution >= 0.6 is 12.2 Å². The normalized spacial score (nSPS) is 16.1. The van der Waals surface area contributed by atoms with Crippen LogP contribution in [0.3, 0.4) is 0 Å². The van der Waals surface area contributed by atoms with Gasteiger partial charge in [-0.15, -0.1) is 0 Å². The smallest absolute Gasteiger partial charge is 0.220 e. The number of carbonyl (C=O) groups excluding carboxylic acids is 1. The molecule has 2 aromatic rings. The number of ether oxygens (including phenoxy) is 1. The summed E-state index contributed by atoms with van der Waals surface area (Å²) in [5.41, 5.74) is 6.35. The Morgan fingerprint density at radius 1 is 1.40 bits per heavy atom. The molecule has 0 saturated carbocycles. The molecule has 0 radical (unpaired) electrons. The van der Waals surface area contributed by atoms with Gasteiger partial charge in [0.15, 0.2) is 10.6 Å². The van der Waals surface area contributed by atoms with Crippen molar-refractivity contribution in [2.24, 2.45) is 18.7 Å². The van der Waals surface area contributed by atoms with Gasteiger partial charge < -0.3 is 15.0 Å². The van der Waals surface area contributed by atoms with Crippen LogP contribution in [0.15, 0.2) is 24.3 Å². The van der Waals surface area contributed by atoms with Crippen molar-refractivity contribution in [1.82, 2.24) is 19.2 Å². The summed E-state index contributed by atoms with van der Waals surface area (Å²) in [5, 5.41) is 4.69. The molecule has 2 heterocycles. The largest absolute Gasteiger partial charge is 0.497 e. The Morgan fingerprint density at radius 2 is 2.12 bits per heavy atom. The number of nitrogens with two attached hydrogens (primary N) is 1. The maximum absolute atomic E-state index is 11.3. The molecule has 1 fully saturated rings. The van der Waals surface area contributed by atoms with Gasteiger partial charge in [0.2, 0.25) is 5.91 Å². The fraction of sp³-hybridized carbons (Fsp3) is 0.471. The van der Waals surface area contributed by atoms with Gasteiger partial charge in [-0.05, 0) is 37.2 Å². The van der Waals surface area contributed by atoms with Crippen LogP contribution in [0.5, 0.6) is 5.75 Å². The Bertz CT molecular complexity index is 821. The summed E-state index contributed by atoms with van der Waals surface area (Å²) in [6.45, 7) is 2.25. The van der Waals surface area contributed by atoms with Crippen molar-refractivity contribution < 1.29 is 9.53 Å². The molecule has 1 aliphatic heterocycles. The minimum Gasteiger partial charge on any atom is -0.497 e. The van der Waals surface area contributed by atoms with Crippen LogP contribution in [-0.2, 0) is 18.5 Å². The molecule has 0 unspecified atom stereocenters. The van der Waals surface area contributed by atoms with Crippen LogP contribution in [0, 0.1) is 10.7 Å². The summed E-state index contributed by atoms with van der Waals surface area (Å²) in [6.07, 6.45) is 1.58. The molecule has 1 aromatic carbocycles. The number of piperidine rings is 1. The molecule has 8 heteroatoms. The molecule has 0 bridgehead atoms. The summed E-state index contributed by atoms with van der Waals surface area (Å²) in [4.78, 5) is 13.5. The van der Waals surface area contributed by atoms with Gasteiger partial charge in [0, 0.05) is 31.6 Å². The number of hydrogen-bond acceptors (Lipinski definition) is 5. The fourth-order valence-electron chi connectivity index (χ4n) is 3.14. The number of methoxy groups -OCH3 is 1. The van der Waals surface area contributed by atoms with E-state index >= 15 is 0 Å². The predicted octanol–water partition coefficient (Wildman–Crippen LogP) is 1.78. The third-order valence-electron chi connectivity index (χ3n) is 4.69. The average Bonchev–Trinajstić information content (AvgIpc) is 2.90. The summed E-state index contributed by atoms with van der Waals surface area (Å²) in [6, 6.07) is 7.77. The van der Waals surface area contributed by atoms with Gasteiger partial charge in [0.1, 0.15) is 5.75 Å². The molecule has 134 valence electrons. The Balaban J connectivity index is 1.78. The van der Waals surface area contributed by atoms with E-state index in [9.17, 15) is 4.79 Å². The highest BCUT2D eigenvalue weighted by molar-refractivity contribution is 7.71. The summed E-state index contributed by atoms with van der Waals surface area (Å²) in [5.74, 6) is 1.37. The van der Waals surface area contributed by atoms with E-state index in [1.165, 1.54) is 0 Å². The van der Waals surface area contributed by atoms with Gasteiger partial charge >= 0.3 is 0 Å². The second kappa shape index (κ2) is 7.37. The third-order valence-corrected chi connectivity index (χ3v) is 5.18. The minimum absolute atomic E-state index is 0.0136. The standard InChI is InChI=1S/C17H23N5O2S/c1-20-16(13-4-3-5-14(10-13)24-2)19-22(17(20)25)11-21-8-6-12(7-9-21)15(18)23/h3-5,10,12H,6-9,11H2,1-2H3,(H2,18,23). The Morgan fingerprint density at radius 3 is 2.76 bits per heavy atom. The van der Waals surface area contributed by atoms with Crippen molar-refractivity contribution >= 4 is 18.1 Å². The number of benzene rings is 1. The number of hydrogen-bond donors (Lipinski definition) is 1. The number of nitrogens with zero attached hydrogens (tertiary/aromatic N) is 4. The van der Waals surface area contributed by atoms with Crippen LogP contribution in [0.2, 0.25) is 0 Å². The zero-order valence-corrected chi connectivity index (χ0v) is 15.3. The molecule has 1 aromatic heterocycles. The van der Waals surface area contributed by atoms with Gasteiger partial charge in [-0.1, -0.05) is 12.1 Å². The van der Waals surface area contributed by atoms with Crippen LogP contribution in [-0.4, -0.2) is 45.4 Å². The molecule has 1 saturated heterocycles. The highest BCUT2D eigenvalue weighted by atomic mass is 32.1. The zero-order valence-electron chi connectivity index (χ0n) is 14.5. The van der Waals surface area contributed by atoms with Crippen LogP contribution < -0.4 is 10.5 Å². The average molecular weight is 361 g/mol. The highest BCUT2D eigenvalue weighted by Gasteiger charge is 2.23. The first kappa shape index (κ1) is 17.6. The Kier molecular flexibility index (Phi) is 5.19. The van der Waals surface area contributed by atoms with Crippen LogP contribution in [0.4, 0.5) is 0 Å². The van der Waals surface area contributed by atoms with Crippen LogP contribution in [0.1, 0.15) is 12.8 Å². The van der Waals surface area contributed by atoms with E-state index in [0.717, 1.165) is 43.1 Å². The molecule has 0 spiro atoms. The quantitative estimate of drug-likeness (QED) is 0.822. The molecular weight excluding hydrogens is 338 g/mol. The van der Waals surface area contributed by atoms with E-state index in [0.29, 0.717) is 11.4 Å². The van der Waals surface area contributed by atoms with Crippen molar-refractivity contribution in [3.05, 3.63) is 29.0 Å². The Labute approximate surface area is 152 Å². The molecule has 7 nitrogen and oxygen atoms in total. The lowest BCUT2D eigenvalue weighted by molar-refractivity contribution is -0.123. The van der Waals surface area contributed by atoms with Crippen molar-refractivity contribution in [2.45, 2.75) is 19.5 Å². The van der Waals surface area contributed by atoms with Gasteiger partial charge in [-0.3, -0.25) is 9.69 Å². The first-order chi connectivity index (χ1) is 12.0. The second-order valence-electron chi connectivity index (χ2n) is 6.33. The van der Waals surface area contributed by atoms with Crippen molar-refractivity contribution in [3.63, 3.8) is 0 Å². The molecule has 2 N–H and O–H groups in total. The lowest BCUT2D eigenvalue weighted by atomic mass is 9.97. The minimum atomic E-state index is -0.200. The summed E-state index contributed by atoms with van der Waals surface area (Å²) >= 11 is 5.54. The lowest BCUT2D eigenvalue weighted by Gasteiger charge is -2.29. The number of amides is 1. The first-order valence-electron chi connectivity index (χ1n) is 8.29. The highest BCUT2D eigenvalue weighted by Crippen LogP contribution is 2.23. The molecule has 1 aliphatic rings. The predicted molar refractivity (Wildman–Crippen MR) is 97.5 cm³/mol. The van der Waals surface area contributed by atoms with E-state index in [-0.39, 0.29) is 11.8 Å². The molecule has 0 atom stereocenters. The van der Waals surface area contributed by atoms with E-state index in [4.69, 9.17) is 22.7 Å². The van der Waals surface area contributed by atoms with Crippen molar-refractivity contribution in [3.8, 4) is 17.1 Å². The maximum atomic E-state index is 11.3. The number of carbonyl (C=O) groups is 1. The molecule has 0 aliphatic carbocycles. The van der Waals surface area contributed by atoms with Gasteiger partial charge in [-0.25, -0.2) is 4.68 Å². The van der Waals surface area contributed by atoms with E-state index in [1.807, 2.05) is 40.6 Å². The summed E-state index contributed by atoms with van der Waals surface area (Å²) in [7, 11) is 3.56. The maximum Gasteiger partial charge on any atom is 0.220 e. The number of primary amides is 1. The van der Waals surface area contributed by atoms with E-state index in [1.54, 1.807) is 7.11 Å². The second-order valence-corrected chi connectivity index (χ2v) is 6.70. The number of rotatable bonds is 5. The monoisotopic (exact) mass is 361 g/mol. The number of aromatic nitrogens is 3. The van der Waals surface area contributed by atoms with Crippen molar-refractivity contribution in [2.75, 3.05) is 20.2 Å². The zero-order chi connectivity index (χ0) is 18.0. The SMILES string of the molecule is COc1cccc(-c2nn(CN3CCC(C(N)=O)CC3)c(=S)n2C)c1. The van der Waals surface area contributed by atoms with E-state index in [2.05, 4.69) is 10.00 Å². The molecule has 3 rings (SSSR count). The van der Waals surface area contributed by atoms with Crippen LogP contribution in [0.25, 0.3) is 11.4 Å². The fourth-order valence-corrected chi connectivity index (χ4v) is 3.33. The first-order valence-corrected chi connectivity index (χ1v) is 8.70. The number of likely N-dealkylation sites (tertiary alicyclic amines) is 1.